The molecular weight excluding hydrogens is 444 g/mol. The molecule has 158 valence electrons. The maximum Gasteiger partial charge on any atom is 0.262 e. The largest absolute Gasteiger partial charge is 0.262 e. The van der Waals surface area contributed by atoms with Crippen molar-refractivity contribution < 1.29 is 4.57 Å². The number of hydrogen-bond donors (Lipinski definition) is 0. The Morgan fingerprint density at radius 3 is 2.13 bits per heavy atom. The van der Waals surface area contributed by atoms with Crippen molar-refractivity contribution in [2.75, 3.05) is 0 Å². The summed E-state index contributed by atoms with van der Waals surface area (Å²) in [6.07, 6.45) is 8.43. The summed E-state index contributed by atoms with van der Waals surface area (Å²) in [4.78, 5) is 0. The van der Waals surface area contributed by atoms with Crippen LogP contribution in [0.25, 0.3) is 28.1 Å². The lowest BCUT2D eigenvalue weighted by Gasteiger charge is -2.07. The summed E-state index contributed by atoms with van der Waals surface area (Å²) in [5.74, 6) is 1.43. The van der Waals surface area contributed by atoms with Crippen LogP contribution in [0.15, 0.2) is 85.1 Å². The van der Waals surface area contributed by atoms with Gasteiger partial charge in [-0.2, -0.15) is 4.57 Å². The zero-order chi connectivity index (χ0) is 20.3. The van der Waals surface area contributed by atoms with E-state index in [0.29, 0.717) is 0 Å². The van der Waals surface area contributed by atoms with Crippen LogP contribution in [0.4, 0.5) is 0 Å². The first-order valence-corrected chi connectivity index (χ1v) is 11.2. The number of rotatable bonds is 4. The third-order valence-corrected chi connectivity index (χ3v) is 6.30. The molecule has 1 aliphatic heterocycles. The fourth-order valence-corrected chi connectivity index (χ4v) is 4.57. The van der Waals surface area contributed by atoms with Crippen molar-refractivity contribution in [3.63, 3.8) is 0 Å². The van der Waals surface area contributed by atoms with Crippen molar-refractivity contribution in [3.8, 4) is 28.1 Å². The van der Waals surface area contributed by atoms with Crippen LogP contribution in [-0.2, 0) is 19.4 Å². The predicted octanol–water partition coefficient (Wildman–Crippen LogP) is 6.97. The number of aryl methyl sites for hydroxylation is 2. The minimum atomic E-state index is 0. The number of fused-ring (bicyclic) bond motifs is 1. The average molecular weight is 474 g/mol. The van der Waals surface area contributed by atoms with Gasteiger partial charge in [-0.3, -0.25) is 0 Å². The molecule has 31 heavy (non-hydrogen) atoms. The Balaban J connectivity index is 0.00000231. The van der Waals surface area contributed by atoms with Crippen LogP contribution < -0.4 is 4.57 Å². The summed E-state index contributed by atoms with van der Waals surface area (Å²) in [6.45, 7) is 3.33. The van der Waals surface area contributed by atoms with Crippen LogP contribution in [0, 0.1) is 0 Å². The number of nitrogens with zero attached hydrogens (tertiary/aromatic N) is 2. The SMILES string of the molecule is Br.CCc1ccc(-n2c(-c3ccc(-c4ccccc4)cc3)c[n+]3c2CCCCC3)cc1. The average Bonchev–Trinajstić information content (AvgIpc) is 3.02. The van der Waals surface area contributed by atoms with Gasteiger partial charge in [-0.25, -0.2) is 4.57 Å². The number of aromatic nitrogens is 2. The second-order valence-electron chi connectivity index (χ2n) is 8.23. The molecule has 5 rings (SSSR count). The first kappa shape index (κ1) is 21.6. The third kappa shape index (κ3) is 4.38. The molecule has 0 radical (unpaired) electrons. The highest BCUT2D eigenvalue weighted by atomic mass is 79.9. The number of halogens is 1. The predicted molar refractivity (Wildman–Crippen MR) is 134 cm³/mol. The number of imidazole rings is 1. The van der Waals surface area contributed by atoms with Gasteiger partial charge < -0.3 is 0 Å². The molecule has 1 aromatic heterocycles. The minimum Gasteiger partial charge on any atom is -0.233 e. The van der Waals surface area contributed by atoms with Crippen molar-refractivity contribution in [1.29, 1.82) is 0 Å². The van der Waals surface area contributed by atoms with Gasteiger partial charge in [-0.15, -0.1) is 17.0 Å². The minimum absolute atomic E-state index is 0. The number of hydrogen-bond acceptors (Lipinski definition) is 0. The molecule has 3 heteroatoms. The Morgan fingerprint density at radius 1 is 0.742 bits per heavy atom. The van der Waals surface area contributed by atoms with Crippen LogP contribution in [0.1, 0.15) is 37.6 Å². The van der Waals surface area contributed by atoms with Crippen LogP contribution in [0.3, 0.4) is 0 Å². The van der Waals surface area contributed by atoms with Gasteiger partial charge in [0.05, 0.1) is 6.54 Å². The first-order chi connectivity index (χ1) is 14.8. The lowest BCUT2D eigenvalue weighted by molar-refractivity contribution is -0.702. The highest BCUT2D eigenvalue weighted by molar-refractivity contribution is 8.93. The molecule has 3 aromatic carbocycles. The molecule has 0 bridgehead atoms. The van der Waals surface area contributed by atoms with E-state index in [-0.39, 0.29) is 17.0 Å². The zero-order valence-corrected chi connectivity index (χ0v) is 19.8. The van der Waals surface area contributed by atoms with Gasteiger partial charge in [-0.1, -0.05) is 61.5 Å². The quantitative estimate of drug-likeness (QED) is 0.283. The monoisotopic (exact) mass is 473 g/mol. The molecule has 0 atom stereocenters. The van der Waals surface area contributed by atoms with Gasteiger partial charge in [0.25, 0.3) is 5.82 Å². The van der Waals surface area contributed by atoms with Crippen molar-refractivity contribution >= 4 is 17.0 Å². The second-order valence-corrected chi connectivity index (χ2v) is 8.23. The fourth-order valence-electron chi connectivity index (χ4n) is 4.57. The molecule has 2 nitrogen and oxygen atoms in total. The summed E-state index contributed by atoms with van der Waals surface area (Å²) in [6, 6.07) is 28.8. The molecule has 0 fully saturated rings. The smallest absolute Gasteiger partial charge is 0.233 e. The van der Waals surface area contributed by atoms with Gasteiger partial charge in [0.1, 0.15) is 11.9 Å². The Kier molecular flexibility index (Phi) is 6.72. The van der Waals surface area contributed by atoms with Gasteiger partial charge in [0, 0.05) is 12.0 Å². The Hall–Kier alpha value is -2.65. The third-order valence-electron chi connectivity index (χ3n) is 6.30. The van der Waals surface area contributed by atoms with E-state index in [2.05, 4.69) is 101 Å². The van der Waals surface area contributed by atoms with Gasteiger partial charge >= 0.3 is 0 Å². The van der Waals surface area contributed by atoms with E-state index in [1.807, 2.05) is 0 Å². The molecule has 0 aliphatic carbocycles. The zero-order valence-electron chi connectivity index (χ0n) is 18.1. The first-order valence-electron chi connectivity index (χ1n) is 11.2. The van der Waals surface area contributed by atoms with Crippen LogP contribution in [-0.4, -0.2) is 4.57 Å². The van der Waals surface area contributed by atoms with E-state index in [4.69, 9.17) is 0 Å². The van der Waals surface area contributed by atoms with Crippen LogP contribution >= 0.6 is 17.0 Å². The molecule has 0 amide bonds. The summed E-state index contributed by atoms with van der Waals surface area (Å²) < 4.78 is 4.98. The summed E-state index contributed by atoms with van der Waals surface area (Å²) >= 11 is 0. The molecule has 1 aliphatic rings. The molecule has 0 unspecified atom stereocenters. The van der Waals surface area contributed by atoms with Crippen molar-refractivity contribution in [2.24, 2.45) is 0 Å². The van der Waals surface area contributed by atoms with Gasteiger partial charge in [0.2, 0.25) is 0 Å². The standard InChI is InChI=1S/C28H29N2.BrH/c1-2-22-12-18-26(19-13-22)30-27(21-29-20-8-4-7-11-28(29)30)25-16-14-24(15-17-25)23-9-5-3-6-10-23;/h3,5-6,9-10,12-19,21H,2,4,7-8,11,20H2,1H3;1H/q+1;. The Morgan fingerprint density at radius 2 is 1.42 bits per heavy atom. The summed E-state index contributed by atoms with van der Waals surface area (Å²) in [7, 11) is 0. The maximum absolute atomic E-state index is 2.49. The second kappa shape index (κ2) is 9.65. The summed E-state index contributed by atoms with van der Waals surface area (Å²) in [5.41, 5.74) is 7.74. The molecule has 0 spiro atoms. The van der Waals surface area contributed by atoms with Gasteiger partial charge in [0.15, 0.2) is 5.69 Å². The van der Waals surface area contributed by atoms with E-state index in [9.17, 15) is 0 Å². The molecule has 0 saturated heterocycles. The maximum atomic E-state index is 2.49. The Bertz CT molecular complexity index is 1130. The molecular formula is C28H30BrN2+. The molecule has 2 heterocycles. The van der Waals surface area contributed by atoms with Crippen molar-refractivity contribution in [3.05, 3.63) is 96.4 Å². The van der Waals surface area contributed by atoms with E-state index in [1.165, 1.54) is 58.7 Å². The fraction of sp³-hybridized carbons (Fsp3) is 0.250. The lowest BCUT2D eigenvalue weighted by atomic mass is 10.0. The van der Waals surface area contributed by atoms with E-state index >= 15 is 0 Å². The van der Waals surface area contributed by atoms with E-state index < -0.39 is 0 Å². The van der Waals surface area contributed by atoms with Crippen LogP contribution in [0.5, 0.6) is 0 Å². The van der Waals surface area contributed by atoms with Gasteiger partial charge in [-0.05, 0) is 66.6 Å². The Labute approximate surface area is 196 Å². The van der Waals surface area contributed by atoms with E-state index in [1.54, 1.807) is 0 Å². The molecule has 0 saturated carbocycles. The molecule has 0 N–H and O–H groups in total. The summed E-state index contributed by atoms with van der Waals surface area (Å²) in [5, 5.41) is 0. The lowest BCUT2D eigenvalue weighted by Crippen LogP contribution is -2.35. The highest BCUT2D eigenvalue weighted by Gasteiger charge is 2.27. The normalized spacial score (nSPS) is 13.2. The van der Waals surface area contributed by atoms with Crippen molar-refractivity contribution in [2.45, 2.75) is 45.6 Å². The van der Waals surface area contributed by atoms with Crippen LogP contribution in [0.2, 0.25) is 0 Å². The van der Waals surface area contributed by atoms with E-state index in [0.717, 1.165) is 19.4 Å². The number of benzene rings is 3. The molecule has 4 aromatic rings. The van der Waals surface area contributed by atoms with Crippen molar-refractivity contribution in [1.82, 2.24) is 4.57 Å². The topological polar surface area (TPSA) is 8.81 Å². The highest BCUT2D eigenvalue weighted by Crippen LogP contribution is 2.29.